The maximum atomic E-state index is 9.29. The van der Waals surface area contributed by atoms with E-state index in [0.717, 1.165) is 44.8 Å². The van der Waals surface area contributed by atoms with Crippen LogP contribution in [0.1, 0.15) is 24.4 Å². The summed E-state index contributed by atoms with van der Waals surface area (Å²) < 4.78 is 2.35. The van der Waals surface area contributed by atoms with Crippen LogP contribution in [0.15, 0.2) is 6.20 Å². The van der Waals surface area contributed by atoms with Gasteiger partial charge in [-0.05, 0) is 38.3 Å². The van der Waals surface area contributed by atoms with E-state index < -0.39 is 0 Å². The molecule has 3 rings (SSSR count). The second-order valence-corrected chi connectivity index (χ2v) is 5.43. The Balaban J connectivity index is 1.74. The molecule has 3 heterocycles. The predicted molar refractivity (Wildman–Crippen MR) is 65.8 cm³/mol. The van der Waals surface area contributed by atoms with Gasteiger partial charge in [0.05, 0.1) is 0 Å². The van der Waals surface area contributed by atoms with E-state index >= 15 is 0 Å². The zero-order valence-electron chi connectivity index (χ0n) is 10.2. The fraction of sp³-hybridized carbons (Fsp3) is 0.769. The molecule has 2 aliphatic heterocycles. The molecule has 0 saturated carbocycles. The van der Waals surface area contributed by atoms with Crippen molar-refractivity contribution in [1.82, 2.24) is 14.9 Å². The number of aryl methyl sites for hydroxylation is 1. The van der Waals surface area contributed by atoms with Crippen LogP contribution in [0, 0.1) is 11.8 Å². The Morgan fingerprint density at radius 1 is 1.41 bits per heavy atom. The summed E-state index contributed by atoms with van der Waals surface area (Å²) in [5.74, 6) is 2.40. The molecule has 17 heavy (non-hydrogen) atoms. The monoisotopic (exact) mass is 235 g/mol. The van der Waals surface area contributed by atoms with Crippen molar-refractivity contribution >= 4 is 0 Å². The zero-order valence-corrected chi connectivity index (χ0v) is 10.2. The number of aliphatic hydroxyl groups is 1. The highest BCUT2D eigenvalue weighted by atomic mass is 16.3. The lowest BCUT2D eigenvalue weighted by atomic mass is 9.98. The van der Waals surface area contributed by atoms with E-state index in [4.69, 9.17) is 0 Å². The molecule has 2 unspecified atom stereocenters. The molecule has 1 aromatic heterocycles. The van der Waals surface area contributed by atoms with Crippen molar-refractivity contribution in [2.24, 2.45) is 11.8 Å². The molecule has 0 radical (unpaired) electrons. The summed E-state index contributed by atoms with van der Waals surface area (Å²) in [5.41, 5.74) is 1.36. The molecular weight excluding hydrogens is 214 g/mol. The van der Waals surface area contributed by atoms with Crippen LogP contribution in [-0.2, 0) is 19.4 Å². The molecule has 1 aromatic rings. The van der Waals surface area contributed by atoms with Crippen molar-refractivity contribution in [2.45, 2.75) is 32.2 Å². The maximum absolute atomic E-state index is 9.29. The Morgan fingerprint density at radius 2 is 2.35 bits per heavy atom. The molecular formula is C13H21N3O. The van der Waals surface area contributed by atoms with Crippen molar-refractivity contribution < 1.29 is 5.11 Å². The first kappa shape index (κ1) is 11.2. The first-order valence-electron chi connectivity index (χ1n) is 6.71. The van der Waals surface area contributed by atoms with E-state index in [1.165, 1.54) is 17.9 Å². The van der Waals surface area contributed by atoms with Crippen LogP contribution in [0.4, 0.5) is 0 Å². The van der Waals surface area contributed by atoms with Gasteiger partial charge in [-0.2, -0.15) is 0 Å². The highest BCUT2D eigenvalue weighted by molar-refractivity contribution is 5.09. The Morgan fingerprint density at radius 3 is 3.12 bits per heavy atom. The number of fused-ring (bicyclic) bond motifs is 1. The third kappa shape index (κ3) is 2.24. The average molecular weight is 235 g/mol. The van der Waals surface area contributed by atoms with Gasteiger partial charge in [0.1, 0.15) is 5.82 Å². The second kappa shape index (κ2) is 4.78. The van der Waals surface area contributed by atoms with Crippen molar-refractivity contribution in [2.75, 3.05) is 19.7 Å². The molecule has 2 atom stereocenters. The third-order valence-corrected chi connectivity index (χ3v) is 4.16. The highest BCUT2D eigenvalue weighted by Gasteiger charge is 2.23. The fourth-order valence-electron chi connectivity index (χ4n) is 3.04. The molecule has 0 amide bonds. The summed E-state index contributed by atoms with van der Waals surface area (Å²) in [7, 11) is 0. The van der Waals surface area contributed by atoms with Crippen LogP contribution >= 0.6 is 0 Å². The van der Waals surface area contributed by atoms with Gasteiger partial charge in [-0.3, -0.25) is 0 Å². The fourth-order valence-corrected chi connectivity index (χ4v) is 3.04. The van der Waals surface area contributed by atoms with Gasteiger partial charge < -0.3 is 15.0 Å². The molecule has 1 fully saturated rings. The number of aromatic nitrogens is 2. The largest absolute Gasteiger partial charge is 0.396 e. The number of nitrogens with one attached hydrogen (secondary N) is 1. The minimum atomic E-state index is 0.308. The Bertz CT molecular complexity index is 382. The molecule has 0 bridgehead atoms. The third-order valence-electron chi connectivity index (χ3n) is 4.16. The van der Waals surface area contributed by atoms with Gasteiger partial charge in [-0.15, -0.1) is 0 Å². The molecule has 0 aromatic carbocycles. The number of nitrogens with zero attached hydrogens (tertiary/aromatic N) is 2. The predicted octanol–water partition coefficient (Wildman–Crippen LogP) is 0.590. The topological polar surface area (TPSA) is 50.1 Å². The van der Waals surface area contributed by atoms with Crippen molar-refractivity contribution in [3.05, 3.63) is 17.7 Å². The lowest BCUT2D eigenvalue weighted by molar-refractivity contribution is 0.190. The van der Waals surface area contributed by atoms with Crippen molar-refractivity contribution in [1.29, 1.82) is 0 Å². The molecule has 1 saturated heterocycles. The summed E-state index contributed by atoms with van der Waals surface area (Å²) in [4.78, 5) is 4.58. The van der Waals surface area contributed by atoms with Crippen LogP contribution in [0.25, 0.3) is 0 Å². The number of hydrogen-bond donors (Lipinski definition) is 2. The van der Waals surface area contributed by atoms with E-state index in [1.807, 2.05) is 6.20 Å². The zero-order chi connectivity index (χ0) is 11.7. The smallest absolute Gasteiger partial charge is 0.109 e. The van der Waals surface area contributed by atoms with Gasteiger partial charge in [-0.1, -0.05) is 0 Å². The minimum Gasteiger partial charge on any atom is -0.396 e. The first-order chi connectivity index (χ1) is 8.36. The van der Waals surface area contributed by atoms with Crippen molar-refractivity contribution in [3.63, 3.8) is 0 Å². The SMILES string of the molecule is OCC1CCc2cnc(CC3CCNC3)n2C1. The summed E-state index contributed by atoms with van der Waals surface area (Å²) in [6, 6.07) is 0. The van der Waals surface area contributed by atoms with E-state index in [2.05, 4.69) is 14.9 Å². The standard InChI is InChI=1S/C13H21N3O/c17-9-11-1-2-12-7-15-13(16(12)8-11)5-10-3-4-14-6-10/h7,10-11,14,17H,1-6,8-9H2. The number of hydrogen-bond acceptors (Lipinski definition) is 3. The van der Waals surface area contributed by atoms with Gasteiger partial charge >= 0.3 is 0 Å². The molecule has 0 aliphatic carbocycles. The van der Waals surface area contributed by atoms with Crippen LogP contribution in [0.2, 0.25) is 0 Å². The summed E-state index contributed by atoms with van der Waals surface area (Å²) in [5, 5.41) is 12.7. The average Bonchev–Trinajstić information content (AvgIpc) is 2.99. The number of imidazole rings is 1. The van der Waals surface area contributed by atoms with Crippen molar-refractivity contribution in [3.8, 4) is 0 Å². The molecule has 2 N–H and O–H groups in total. The maximum Gasteiger partial charge on any atom is 0.109 e. The molecule has 94 valence electrons. The van der Waals surface area contributed by atoms with E-state index in [9.17, 15) is 5.11 Å². The minimum absolute atomic E-state index is 0.308. The Hall–Kier alpha value is -0.870. The summed E-state index contributed by atoms with van der Waals surface area (Å²) >= 11 is 0. The summed E-state index contributed by atoms with van der Waals surface area (Å²) in [6.07, 6.45) is 6.57. The second-order valence-electron chi connectivity index (χ2n) is 5.43. The van der Waals surface area contributed by atoms with Crippen LogP contribution in [0.3, 0.4) is 0 Å². The Kier molecular flexibility index (Phi) is 3.16. The van der Waals surface area contributed by atoms with Crippen LogP contribution in [0.5, 0.6) is 0 Å². The highest BCUT2D eigenvalue weighted by Crippen LogP contribution is 2.23. The van der Waals surface area contributed by atoms with E-state index in [0.29, 0.717) is 12.5 Å². The Labute approximate surface area is 102 Å². The quantitative estimate of drug-likeness (QED) is 0.806. The van der Waals surface area contributed by atoms with E-state index in [-0.39, 0.29) is 0 Å². The molecule has 4 heteroatoms. The van der Waals surface area contributed by atoms with Gasteiger partial charge in [0.2, 0.25) is 0 Å². The van der Waals surface area contributed by atoms with Gasteiger partial charge in [-0.25, -0.2) is 4.98 Å². The van der Waals surface area contributed by atoms with Crippen LogP contribution in [-0.4, -0.2) is 34.4 Å². The molecule has 2 aliphatic rings. The van der Waals surface area contributed by atoms with E-state index in [1.54, 1.807) is 0 Å². The van der Waals surface area contributed by atoms with Gasteiger partial charge in [0.15, 0.2) is 0 Å². The number of rotatable bonds is 3. The van der Waals surface area contributed by atoms with Gasteiger partial charge in [0, 0.05) is 37.4 Å². The normalized spacial score (nSPS) is 28.3. The molecule has 0 spiro atoms. The lowest BCUT2D eigenvalue weighted by Crippen LogP contribution is -2.24. The van der Waals surface area contributed by atoms with Gasteiger partial charge in [0.25, 0.3) is 0 Å². The lowest BCUT2D eigenvalue weighted by Gasteiger charge is -2.24. The first-order valence-corrected chi connectivity index (χ1v) is 6.71. The summed E-state index contributed by atoms with van der Waals surface area (Å²) in [6.45, 7) is 3.55. The molecule has 4 nitrogen and oxygen atoms in total. The number of aliphatic hydroxyl groups excluding tert-OH is 1. The van der Waals surface area contributed by atoms with Crippen LogP contribution < -0.4 is 5.32 Å².